The molecule has 10 aromatic rings. The minimum atomic E-state index is -0.859. The monoisotopic (exact) mass is 1300 g/mol. The molecule has 0 amide bonds. The number of rotatable bonds is 8. The Kier molecular flexibility index (Phi) is 10.9. The molecule has 0 N–H and O–H groups in total. The largest absolute Gasteiger partial charge is 0.509 e. The maximum Gasteiger partial charge on any atom is 0.135 e. The summed E-state index contributed by atoms with van der Waals surface area (Å²) in [5.74, 6) is 0.952. The molecule has 12 rings (SSSR count). The van der Waals surface area contributed by atoms with Gasteiger partial charge in [-0.2, -0.15) is 12.1 Å². The molecule has 0 saturated carbocycles. The Bertz CT molecular complexity index is 4980. The molecule has 1 aliphatic carbocycles. The van der Waals surface area contributed by atoms with Crippen LogP contribution >= 0.6 is 0 Å². The topological polar surface area (TPSA) is 33.5 Å². The molecule has 432 valence electrons. The number of ether oxygens (including phenoxy) is 1. The third-order valence-corrected chi connectivity index (χ3v) is 16.5. The normalized spacial score (nSPS) is 17.4. The molecule has 2 aliphatic rings. The van der Waals surface area contributed by atoms with Gasteiger partial charge in [-0.1, -0.05) is 207 Å². The molecule has 84 heavy (non-hydrogen) atoms. The van der Waals surface area contributed by atoms with E-state index in [0.717, 1.165) is 12.0 Å². The number of pyridine rings is 1. The Hall–Kier alpha value is -7.20. The molecular formula is C78H81N4OPt-3. The number of benzene rings is 8. The van der Waals surface area contributed by atoms with E-state index in [9.17, 15) is 15.1 Å². The van der Waals surface area contributed by atoms with E-state index in [-0.39, 0.29) is 132 Å². The zero-order valence-electron chi connectivity index (χ0n) is 65.1. The van der Waals surface area contributed by atoms with Crippen LogP contribution in [-0.4, -0.2) is 9.55 Å². The summed E-state index contributed by atoms with van der Waals surface area (Å²) in [5.41, 5.74) is 3.04. The number of nitrogens with zero attached hydrogens (tertiary/aromatic N) is 4. The van der Waals surface area contributed by atoms with Gasteiger partial charge in [0.25, 0.3) is 0 Å². The Morgan fingerprint density at radius 1 is 0.536 bits per heavy atom. The molecule has 0 unspecified atom stereocenters. The van der Waals surface area contributed by atoms with E-state index in [1.807, 2.05) is 139 Å². The van der Waals surface area contributed by atoms with Crippen LogP contribution in [-0.2, 0) is 53.6 Å². The first kappa shape index (κ1) is 43.4. The fourth-order valence-corrected chi connectivity index (χ4v) is 11.4. The van der Waals surface area contributed by atoms with Gasteiger partial charge in [-0.05, 0) is 149 Å². The van der Waals surface area contributed by atoms with Crippen LogP contribution in [0, 0.1) is 18.8 Å². The third-order valence-electron chi connectivity index (χ3n) is 16.5. The molecule has 0 radical (unpaired) electrons. The first-order valence-corrected chi connectivity index (χ1v) is 28.8. The summed E-state index contributed by atoms with van der Waals surface area (Å²) in [6, 6.07) is 27.3. The minimum Gasteiger partial charge on any atom is -0.509 e. The Balaban J connectivity index is 0.00000972. The van der Waals surface area contributed by atoms with E-state index < -0.39 is 51.2 Å². The van der Waals surface area contributed by atoms with E-state index in [0.29, 0.717) is 84.7 Å². The number of fused-ring (bicyclic) bond motifs is 5. The van der Waals surface area contributed by atoms with Gasteiger partial charge in [0.1, 0.15) is 5.82 Å². The maximum absolute atomic E-state index is 10.5. The molecule has 0 saturated heterocycles. The van der Waals surface area contributed by atoms with Crippen LogP contribution in [0.5, 0.6) is 11.5 Å². The zero-order chi connectivity index (χ0) is 70.9. The molecule has 2 aromatic heterocycles. The molecule has 0 fully saturated rings. The van der Waals surface area contributed by atoms with E-state index in [1.54, 1.807) is 29.0 Å². The average molecular weight is 1300 g/mol. The average Bonchev–Trinajstić information content (AvgIpc) is 0.986. The second-order valence-electron chi connectivity index (χ2n) is 27.8. The van der Waals surface area contributed by atoms with Crippen LogP contribution in [0.4, 0.5) is 22.7 Å². The van der Waals surface area contributed by atoms with Crippen LogP contribution in [0.25, 0.3) is 61.0 Å². The van der Waals surface area contributed by atoms with Crippen molar-refractivity contribution in [3.05, 3.63) is 222 Å². The van der Waals surface area contributed by atoms with Gasteiger partial charge in [0, 0.05) is 72.5 Å². The maximum atomic E-state index is 10.5. The first-order chi connectivity index (χ1) is 45.0. The van der Waals surface area contributed by atoms with Crippen LogP contribution in [0.15, 0.2) is 170 Å². The second-order valence-corrected chi connectivity index (χ2v) is 27.8. The van der Waals surface area contributed by atoms with Crippen LogP contribution in [0.3, 0.4) is 0 Å². The molecule has 5 nitrogen and oxygen atoms in total. The summed E-state index contributed by atoms with van der Waals surface area (Å²) in [4.78, 5) is 8.52. The summed E-state index contributed by atoms with van der Waals surface area (Å²) >= 11 is 0. The molecule has 1 aliphatic heterocycles. The van der Waals surface area contributed by atoms with Crippen LogP contribution in [0.1, 0.15) is 176 Å². The van der Waals surface area contributed by atoms with Gasteiger partial charge in [-0.25, -0.2) is 4.98 Å². The van der Waals surface area contributed by atoms with Crippen molar-refractivity contribution in [2.24, 2.45) is 0 Å². The van der Waals surface area contributed by atoms with E-state index in [1.165, 1.54) is 0 Å². The standard InChI is InChI=1S/C78H81N4O.Pt/c1-73(2,3)53-33-35-59(65(45-53)76(10,11)12)50-28-30-51(31-29-50)62-43-55(75(7,8)9)44-63(52-32-37-64-66(42-52)78(15,16)40-39-77(64,13)14)72(62)81-49-80(68-26-19-20-27-69(68)81)56-22-21-23-57(47-56)83-58-34-36-61-60-24-17-18-25-67(60)82(70(61)48-58)71-46-54(38-41-79-71)74(4,5)6;/h17-38,41-46,49H,39-40H2,1-16H3;/q-3;/i17D,18D,24D,25D,28D,29D,30D,31D,32D,33D,35D,37D,42D,45D;. The number of anilines is 4. The number of hydrogen-bond acceptors (Lipinski definition) is 4. The molecular weight excluding hydrogens is 1200 g/mol. The fourth-order valence-electron chi connectivity index (χ4n) is 11.4. The number of aromatic nitrogens is 2. The predicted molar refractivity (Wildman–Crippen MR) is 351 cm³/mol. The molecule has 0 atom stereocenters. The van der Waals surface area contributed by atoms with Crippen molar-refractivity contribution in [3.63, 3.8) is 0 Å². The van der Waals surface area contributed by atoms with Crippen molar-refractivity contribution in [3.8, 4) is 50.7 Å². The summed E-state index contributed by atoms with van der Waals surface area (Å²) in [7, 11) is 0. The Morgan fingerprint density at radius 2 is 1.14 bits per heavy atom. The Morgan fingerprint density at radius 3 is 1.81 bits per heavy atom. The molecule has 0 spiro atoms. The van der Waals surface area contributed by atoms with E-state index in [4.69, 9.17) is 13.8 Å². The van der Waals surface area contributed by atoms with Crippen LogP contribution in [0.2, 0.25) is 0 Å². The van der Waals surface area contributed by atoms with Gasteiger partial charge in [-0.15, -0.1) is 48.1 Å². The summed E-state index contributed by atoms with van der Waals surface area (Å²) < 4.78 is 144. The predicted octanol–water partition coefficient (Wildman–Crippen LogP) is 21.5. The smallest absolute Gasteiger partial charge is 0.135 e. The van der Waals surface area contributed by atoms with Crippen molar-refractivity contribution in [2.45, 2.75) is 156 Å². The van der Waals surface area contributed by atoms with Gasteiger partial charge >= 0.3 is 0 Å². The van der Waals surface area contributed by atoms with E-state index in [2.05, 4.69) is 60.6 Å². The molecule has 3 heterocycles. The van der Waals surface area contributed by atoms with Gasteiger partial charge in [-0.3, -0.25) is 0 Å². The van der Waals surface area contributed by atoms with Crippen molar-refractivity contribution in [1.29, 1.82) is 0 Å². The third kappa shape index (κ3) is 10.7. The van der Waals surface area contributed by atoms with Crippen molar-refractivity contribution in [1.82, 2.24) is 9.55 Å². The number of para-hydroxylation sites is 3. The van der Waals surface area contributed by atoms with Crippen molar-refractivity contribution < 1.29 is 45.0 Å². The van der Waals surface area contributed by atoms with Crippen molar-refractivity contribution >= 4 is 44.6 Å². The number of hydrogen-bond donors (Lipinski definition) is 0. The summed E-state index contributed by atoms with van der Waals surface area (Å²) in [6.45, 7) is 33.6. The summed E-state index contributed by atoms with van der Waals surface area (Å²) in [6.07, 6.45) is 3.14. The van der Waals surface area contributed by atoms with Crippen LogP contribution < -0.4 is 14.5 Å². The minimum absolute atomic E-state index is 0. The van der Waals surface area contributed by atoms with E-state index >= 15 is 0 Å². The van der Waals surface area contributed by atoms with Crippen molar-refractivity contribution in [2.75, 3.05) is 9.80 Å². The molecule has 6 heteroatoms. The van der Waals surface area contributed by atoms with Gasteiger partial charge in [0.2, 0.25) is 0 Å². The van der Waals surface area contributed by atoms with Gasteiger partial charge < -0.3 is 19.1 Å². The zero-order valence-corrected chi connectivity index (χ0v) is 53.4. The molecule has 0 bridgehead atoms. The quantitative estimate of drug-likeness (QED) is 0.142. The molecule has 8 aromatic carbocycles. The first-order valence-electron chi connectivity index (χ1n) is 35.8. The Labute approximate surface area is 535 Å². The second kappa shape index (κ2) is 21.1. The summed E-state index contributed by atoms with van der Waals surface area (Å²) in [5, 5.41) is 0.827. The van der Waals surface area contributed by atoms with Gasteiger partial charge in [0.05, 0.1) is 19.2 Å². The fraction of sp³-hybridized carbons (Fsp3) is 0.308. The van der Waals surface area contributed by atoms with Gasteiger partial charge in [0.15, 0.2) is 0 Å². The SMILES string of the molecule is [2H]c1c([2H])c(-c2c([2H])c([2H])c(C(C)(C)C)c([2H])c2C(C)(C)C)c([2H])c([2H])c1-c1cc(C(C)(C)C)cc(-c2c([2H])c([2H])c3c(c2[2H])C(C)(C)CCC3(C)C)c1N1[CH-]N(c2[c-]c(Oc3[c-]c4c(cc3)c3c([2H])c([2H])c([2H])c([2H])c3n4-c3cc(C(C)(C)C)ccn3)ccc2)c2ccccc21.[Pt].